The zero-order chi connectivity index (χ0) is 15.4. The molecule has 0 aliphatic heterocycles. The van der Waals surface area contributed by atoms with E-state index < -0.39 is 0 Å². The Morgan fingerprint density at radius 1 is 1.29 bits per heavy atom. The topological polar surface area (TPSA) is 51.2 Å². The number of carbonyl (C=O) groups excluding carboxylic acids is 1. The van der Waals surface area contributed by atoms with E-state index in [1.165, 1.54) is 6.20 Å². The summed E-state index contributed by atoms with van der Waals surface area (Å²) in [5, 5.41) is 2.85. The van der Waals surface area contributed by atoms with Gasteiger partial charge in [-0.2, -0.15) is 0 Å². The molecule has 2 aromatic rings. The van der Waals surface area contributed by atoms with Crippen LogP contribution in [0.15, 0.2) is 41.0 Å². The molecule has 0 spiro atoms. The van der Waals surface area contributed by atoms with E-state index in [9.17, 15) is 4.79 Å². The molecule has 1 N–H and O–H groups in total. The fourth-order valence-corrected chi connectivity index (χ4v) is 2.00. The molecule has 5 heteroatoms. The number of benzene rings is 1. The Hall–Kier alpha value is -1.88. The summed E-state index contributed by atoms with van der Waals surface area (Å²) in [5.41, 5.74) is 2.31. The predicted molar refractivity (Wildman–Crippen MR) is 86.8 cm³/mol. The molecule has 0 atom stereocenters. The van der Waals surface area contributed by atoms with Crippen LogP contribution in [0, 0.1) is 6.92 Å². The van der Waals surface area contributed by atoms with Gasteiger partial charge in [0, 0.05) is 22.4 Å². The average molecular weight is 349 g/mol. The summed E-state index contributed by atoms with van der Waals surface area (Å²) in [7, 11) is 0. The van der Waals surface area contributed by atoms with Gasteiger partial charge in [0.05, 0.1) is 11.7 Å². The first-order valence-corrected chi connectivity index (χ1v) is 7.45. The maximum absolute atomic E-state index is 12.1. The minimum Gasteiger partial charge on any atom is -0.475 e. The number of aromatic nitrogens is 1. The average Bonchev–Trinajstić information content (AvgIpc) is 2.43. The zero-order valence-corrected chi connectivity index (χ0v) is 13.8. The Kier molecular flexibility index (Phi) is 4.96. The Balaban J connectivity index is 2.07. The molecule has 0 bridgehead atoms. The van der Waals surface area contributed by atoms with E-state index in [-0.39, 0.29) is 12.0 Å². The number of amides is 1. The van der Waals surface area contributed by atoms with Crippen LogP contribution in [-0.4, -0.2) is 17.0 Å². The smallest absolute Gasteiger partial charge is 0.257 e. The molecule has 110 valence electrons. The van der Waals surface area contributed by atoms with Crippen molar-refractivity contribution in [3.63, 3.8) is 0 Å². The molecule has 0 saturated carbocycles. The molecule has 0 aliphatic rings. The highest BCUT2D eigenvalue weighted by molar-refractivity contribution is 9.10. The normalized spacial score (nSPS) is 10.5. The van der Waals surface area contributed by atoms with Crippen LogP contribution in [0.4, 0.5) is 5.69 Å². The minimum absolute atomic E-state index is 0.0583. The van der Waals surface area contributed by atoms with Crippen LogP contribution in [-0.2, 0) is 0 Å². The van der Waals surface area contributed by atoms with Gasteiger partial charge >= 0.3 is 0 Å². The van der Waals surface area contributed by atoms with Crippen LogP contribution >= 0.6 is 15.9 Å². The number of ether oxygens (including phenoxy) is 1. The second-order valence-electron chi connectivity index (χ2n) is 4.97. The van der Waals surface area contributed by atoms with E-state index in [4.69, 9.17) is 4.74 Å². The molecule has 21 heavy (non-hydrogen) atoms. The van der Waals surface area contributed by atoms with Gasteiger partial charge in [0.25, 0.3) is 5.91 Å². The van der Waals surface area contributed by atoms with Gasteiger partial charge in [-0.3, -0.25) is 4.79 Å². The number of carbonyl (C=O) groups is 1. The van der Waals surface area contributed by atoms with Gasteiger partial charge in [0.15, 0.2) is 0 Å². The fraction of sp³-hybridized carbons (Fsp3) is 0.250. The van der Waals surface area contributed by atoms with Crippen molar-refractivity contribution in [2.75, 3.05) is 5.32 Å². The Bertz CT molecular complexity index is 639. The standard InChI is InChI=1S/C16H17BrN2O2/c1-10(2)21-15-7-4-12(9-18-15)16(20)19-13-5-6-14(17)11(3)8-13/h4-10H,1-3H3,(H,19,20). The van der Waals surface area contributed by atoms with Crippen molar-refractivity contribution in [2.45, 2.75) is 26.9 Å². The maximum Gasteiger partial charge on any atom is 0.257 e. The number of anilines is 1. The summed E-state index contributed by atoms with van der Waals surface area (Å²) >= 11 is 3.43. The van der Waals surface area contributed by atoms with Gasteiger partial charge in [0.2, 0.25) is 5.88 Å². The Labute approximate surface area is 132 Å². The summed E-state index contributed by atoms with van der Waals surface area (Å²) in [6.07, 6.45) is 1.57. The maximum atomic E-state index is 12.1. The molecule has 4 nitrogen and oxygen atoms in total. The van der Waals surface area contributed by atoms with Crippen LogP contribution in [0.1, 0.15) is 29.8 Å². The van der Waals surface area contributed by atoms with Crippen LogP contribution in [0.2, 0.25) is 0 Å². The van der Waals surface area contributed by atoms with Crippen molar-refractivity contribution < 1.29 is 9.53 Å². The van der Waals surface area contributed by atoms with Crippen LogP contribution in [0.3, 0.4) is 0 Å². The van der Waals surface area contributed by atoms with E-state index in [1.54, 1.807) is 12.1 Å². The highest BCUT2D eigenvalue weighted by atomic mass is 79.9. The first-order chi connectivity index (χ1) is 9.95. The first kappa shape index (κ1) is 15.5. The molecular formula is C16H17BrN2O2. The summed E-state index contributed by atoms with van der Waals surface area (Å²) in [5.74, 6) is 0.321. The number of hydrogen-bond donors (Lipinski definition) is 1. The molecule has 0 saturated heterocycles. The number of rotatable bonds is 4. The molecule has 1 aromatic carbocycles. The van der Waals surface area contributed by atoms with Crippen LogP contribution in [0.25, 0.3) is 0 Å². The lowest BCUT2D eigenvalue weighted by Gasteiger charge is -2.09. The number of nitrogens with one attached hydrogen (secondary N) is 1. The third-order valence-electron chi connectivity index (χ3n) is 2.77. The van der Waals surface area contributed by atoms with Gasteiger partial charge in [-0.1, -0.05) is 15.9 Å². The summed E-state index contributed by atoms with van der Waals surface area (Å²) < 4.78 is 6.46. The van der Waals surface area contributed by atoms with Crippen molar-refractivity contribution in [2.24, 2.45) is 0 Å². The molecule has 1 heterocycles. The van der Waals surface area contributed by atoms with E-state index >= 15 is 0 Å². The fourth-order valence-electron chi connectivity index (χ4n) is 1.75. The number of nitrogens with zero attached hydrogens (tertiary/aromatic N) is 1. The number of halogens is 1. The van der Waals surface area contributed by atoms with Gasteiger partial charge in [-0.05, 0) is 50.6 Å². The number of aryl methyl sites for hydroxylation is 1. The minimum atomic E-state index is -0.194. The van der Waals surface area contributed by atoms with E-state index in [2.05, 4.69) is 26.2 Å². The summed E-state index contributed by atoms with van der Waals surface area (Å²) in [6.45, 7) is 5.83. The summed E-state index contributed by atoms with van der Waals surface area (Å²) in [6, 6.07) is 9.06. The molecule has 0 unspecified atom stereocenters. The Morgan fingerprint density at radius 3 is 2.62 bits per heavy atom. The summed E-state index contributed by atoms with van der Waals surface area (Å²) in [4.78, 5) is 16.3. The largest absolute Gasteiger partial charge is 0.475 e. The Morgan fingerprint density at radius 2 is 2.05 bits per heavy atom. The van der Waals surface area contributed by atoms with E-state index in [1.807, 2.05) is 39.0 Å². The molecular weight excluding hydrogens is 332 g/mol. The van der Waals surface area contributed by atoms with Gasteiger partial charge in [0.1, 0.15) is 0 Å². The van der Waals surface area contributed by atoms with Gasteiger partial charge < -0.3 is 10.1 Å². The second kappa shape index (κ2) is 6.72. The van der Waals surface area contributed by atoms with Crippen molar-refractivity contribution >= 4 is 27.5 Å². The van der Waals surface area contributed by atoms with Crippen molar-refractivity contribution in [3.8, 4) is 5.88 Å². The highest BCUT2D eigenvalue weighted by Gasteiger charge is 2.08. The molecule has 0 aliphatic carbocycles. The molecule has 1 aromatic heterocycles. The molecule has 0 fully saturated rings. The predicted octanol–water partition coefficient (Wildman–Crippen LogP) is 4.19. The number of pyridine rings is 1. The van der Waals surface area contributed by atoms with E-state index in [0.717, 1.165) is 15.7 Å². The molecule has 2 rings (SSSR count). The lowest BCUT2D eigenvalue weighted by molar-refractivity contribution is 0.102. The van der Waals surface area contributed by atoms with Crippen molar-refractivity contribution in [1.82, 2.24) is 4.98 Å². The van der Waals surface area contributed by atoms with Gasteiger partial charge in [-0.25, -0.2) is 4.98 Å². The monoisotopic (exact) mass is 348 g/mol. The van der Waals surface area contributed by atoms with Crippen molar-refractivity contribution in [3.05, 3.63) is 52.1 Å². The lowest BCUT2D eigenvalue weighted by atomic mass is 10.2. The first-order valence-electron chi connectivity index (χ1n) is 6.66. The SMILES string of the molecule is Cc1cc(NC(=O)c2ccc(OC(C)C)nc2)ccc1Br. The van der Waals surface area contributed by atoms with Crippen LogP contribution < -0.4 is 10.1 Å². The molecule has 0 radical (unpaired) electrons. The quantitative estimate of drug-likeness (QED) is 0.900. The van der Waals surface area contributed by atoms with E-state index in [0.29, 0.717) is 11.4 Å². The number of hydrogen-bond acceptors (Lipinski definition) is 3. The molecule has 1 amide bonds. The lowest BCUT2D eigenvalue weighted by Crippen LogP contribution is -2.13. The van der Waals surface area contributed by atoms with Gasteiger partial charge in [-0.15, -0.1) is 0 Å². The zero-order valence-electron chi connectivity index (χ0n) is 12.2. The second-order valence-corrected chi connectivity index (χ2v) is 5.82. The third kappa shape index (κ3) is 4.29. The third-order valence-corrected chi connectivity index (χ3v) is 3.66. The van der Waals surface area contributed by atoms with Crippen molar-refractivity contribution in [1.29, 1.82) is 0 Å². The van der Waals surface area contributed by atoms with Crippen LogP contribution in [0.5, 0.6) is 5.88 Å². The highest BCUT2D eigenvalue weighted by Crippen LogP contribution is 2.20.